The second-order valence-corrected chi connectivity index (χ2v) is 11.9. The summed E-state index contributed by atoms with van der Waals surface area (Å²) in [6.07, 6.45) is 4.51. The highest BCUT2D eigenvalue weighted by atomic mass is 32.1. The van der Waals surface area contributed by atoms with Crippen molar-refractivity contribution in [3.05, 3.63) is 108 Å². The summed E-state index contributed by atoms with van der Waals surface area (Å²) >= 11 is 1.47. The lowest BCUT2D eigenvalue weighted by Crippen LogP contribution is -2.37. The summed E-state index contributed by atoms with van der Waals surface area (Å²) in [4.78, 5) is 30.0. The highest BCUT2D eigenvalue weighted by Gasteiger charge is 2.21. The molecule has 1 amide bonds. The number of carbonyl (C=O) groups is 1. The standard InChI is InChI=1S/C35H31F2N7O3S/c36-27-9-3-10-28(37)30(27)33(45)39-24-6-1-5-23(21-24)31-32(44-16-20-48-35(44)42-31)29-11-12-38-34(41-29)40-25-7-2-8-26(22-25)47-17-4-13-43-14-18-46-19-15-43/h1-3,5-12,16,20-22H,4,13-15,17-19H2,(H,39,45)(H,38,40,41). The van der Waals surface area contributed by atoms with E-state index in [0.29, 0.717) is 35.2 Å². The zero-order valence-electron chi connectivity index (χ0n) is 25.7. The zero-order valence-corrected chi connectivity index (χ0v) is 26.6. The first kappa shape index (κ1) is 31.4. The summed E-state index contributed by atoms with van der Waals surface area (Å²) < 4.78 is 41.9. The number of morpholine rings is 1. The zero-order chi connectivity index (χ0) is 32.9. The van der Waals surface area contributed by atoms with Crippen molar-refractivity contribution in [2.45, 2.75) is 6.42 Å². The predicted molar refractivity (Wildman–Crippen MR) is 181 cm³/mol. The van der Waals surface area contributed by atoms with Gasteiger partial charge in [0.15, 0.2) is 4.96 Å². The maximum absolute atomic E-state index is 14.2. The molecule has 48 heavy (non-hydrogen) atoms. The number of nitrogens with zero attached hydrogens (tertiary/aromatic N) is 5. The number of benzene rings is 3. The number of anilines is 3. The number of ether oxygens (including phenoxy) is 2. The average Bonchev–Trinajstić information content (AvgIpc) is 3.70. The summed E-state index contributed by atoms with van der Waals surface area (Å²) in [7, 11) is 0. The first-order chi connectivity index (χ1) is 23.5. The Morgan fingerprint density at radius 2 is 1.75 bits per heavy atom. The molecule has 1 saturated heterocycles. The molecular weight excluding hydrogens is 636 g/mol. The van der Waals surface area contributed by atoms with Gasteiger partial charge in [0.1, 0.15) is 28.6 Å². The van der Waals surface area contributed by atoms with E-state index >= 15 is 0 Å². The molecule has 1 aliphatic rings. The fraction of sp³-hybridized carbons (Fsp3) is 0.200. The molecule has 13 heteroatoms. The van der Waals surface area contributed by atoms with E-state index < -0.39 is 23.1 Å². The van der Waals surface area contributed by atoms with E-state index in [2.05, 4.69) is 20.5 Å². The van der Waals surface area contributed by atoms with Crippen LogP contribution in [0.25, 0.3) is 27.6 Å². The molecule has 0 unspecified atom stereocenters. The molecule has 10 nitrogen and oxygen atoms in total. The van der Waals surface area contributed by atoms with Crippen molar-refractivity contribution in [3.63, 3.8) is 0 Å². The van der Waals surface area contributed by atoms with Crippen molar-refractivity contribution in [1.82, 2.24) is 24.3 Å². The Morgan fingerprint density at radius 1 is 0.958 bits per heavy atom. The smallest absolute Gasteiger partial charge is 0.261 e. The van der Waals surface area contributed by atoms with E-state index in [-0.39, 0.29) is 0 Å². The van der Waals surface area contributed by atoms with Crippen molar-refractivity contribution < 1.29 is 23.0 Å². The van der Waals surface area contributed by atoms with E-state index in [1.165, 1.54) is 17.4 Å². The number of thiazole rings is 1. The molecule has 0 aliphatic carbocycles. The molecule has 0 saturated carbocycles. The second kappa shape index (κ2) is 14.3. The molecule has 4 heterocycles. The quantitative estimate of drug-likeness (QED) is 0.144. The number of imidazole rings is 1. The second-order valence-electron chi connectivity index (χ2n) is 11.1. The third-order valence-corrected chi connectivity index (χ3v) is 8.58. The molecule has 1 aliphatic heterocycles. The Kier molecular flexibility index (Phi) is 9.32. The lowest BCUT2D eigenvalue weighted by molar-refractivity contribution is 0.0358. The van der Waals surface area contributed by atoms with Crippen LogP contribution < -0.4 is 15.4 Å². The Morgan fingerprint density at radius 3 is 2.60 bits per heavy atom. The van der Waals surface area contributed by atoms with Crippen molar-refractivity contribution >= 4 is 39.5 Å². The van der Waals surface area contributed by atoms with Gasteiger partial charge in [-0.05, 0) is 48.9 Å². The van der Waals surface area contributed by atoms with Crippen LogP contribution in [0.5, 0.6) is 5.75 Å². The molecule has 6 aromatic rings. The van der Waals surface area contributed by atoms with Gasteiger partial charge in [-0.2, -0.15) is 0 Å². The summed E-state index contributed by atoms with van der Waals surface area (Å²) in [6.45, 7) is 5.07. The topological polar surface area (TPSA) is 106 Å². The van der Waals surface area contributed by atoms with Gasteiger partial charge in [0.05, 0.1) is 31.2 Å². The van der Waals surface area contributed by atoms with Crippen molar-refractivity contribution in [1.29, 1.82) is 0 Å². The van der Waals surface area contributed by atoms with Crippen LogP contribution in [0.1, 0.15) is 16.8 Å². The number of hydrogen-bond donors (Lipinski definition) is 2. The van der Waals surface area contributed by atoms with Gasteiger partial charge in [0.2, 0.25) is 5.95 Å². The molecule has 0 spiro atoms. The van der Waals surface area contributed by atoms with Crippen molar-refractivity contribution in [3.8, 4) is 28.4 Å². The molecule has 244 valence electrons. The number of nitrogens with one attached hydrogen (secondary N) is 2. The molecule has 7 rings (SSSR count). The maximum Gasteiger partial charge on any atom is 0.261 e. The molecular formula is C35H31F2N7O3S. The molecule has 2 N–H and O–H groups in total. The molecule has 0 radical (unpaired) electrons. The lowest BCUT2D eigenvalue weighted by Gasteiger charge is -2.26. The Hall–Kier alpha value is -5.24. The van der Waals surface area contributed by atoms with Gasteiger partial charge in [-0.1, -0.05) is 24.3 Å². The minimum atomic E-state index is -0.938. The first-order valence-electron chi connectivity index (χ1n) is 15.5. The van der Waals surface area contributed by atoms with Gasteiger partial charge >= 0.3 is 0 Å². The first-order valence-corrected chi connectivity index (χ1v) is 16.3. The molecule has 3 aromatic carbocycles. The summed E-state index contributed by atoms with van der Waals surface area (Å²) in [6, 6.07) is 19.7. The van der Waals surface area contributed by atoms with E-state index in [0.717, 1.165) is 73.5 Å². The number of aromatic nitrogens is 4. The third-order valence-electron chi connectivity index (χ3n) is 7.83. The highest BCUT2D eigenvalue weighted by molar-refractivity contribution is 7.15. The van der Waals surface area contributed by atoms with Gasteiger partial charge in [-0.25, -0.2) is 23.7 Å². The van der Waals surface area contributed by atoms with Crippen molar-refractivity contribution in [2.75, 3.05) is 50.1 Å². The summed E-state index contributed by atoms with van der Waals surface area (Å²) in [5.41, 5.74) is 3.13. The van der Waals surface area contributed by atoms with Gasteiger partial charge in [0.25, 0.3) is 5.91 Å². The van der Waals surface area contributed by atoms with Crippen LogP contribution in [0.15, 0.2) is 90.6 Å². The van der Waals surface area contributed by atoms with E-state index in [9.17, 15) is 13.6 Å². The maximum atomic E-state index is 14.2. The van der Waals surface area contributed by atoms with Crippen molar-refractivity contribution in [2.24, 2.45) is 0 Å². The molecule has 1 fully saturated rings. The van der Waals surface area contributed by atoms with Gasteiger partial charge in [-0.15, -0.1) is 11.3 Å². The van der Waals surface area contributed by atoms with Gasteiger partial charge < -0.3 is 20.1 Å². The average molecular weight is 668 g/mol. The number of amides is 1. The van der Waals surface area contributed by atoms with Crippen LogP contribution in [0.2, 0.25) is 0 Å². The molecule has 0 bridgehead atoms. The fourth-order valence-electron chi connectivity index (χ4n) is 5.53. The van der Waals surface area contributed by atoms with E-state index in [4.69, 9.17) is 19.4 Å². The Bertz CT molecular complexity index is 2040. The van der Waals surface area contributed by atoms with Gasteiger partial charge in [0, 0.05) is 60.4 Å². The van der Waals surface area contributed by atoms with Crippen LogP contribution in [0, 0.1) is 11.6 Å². The number of carbonyl (C=O) groups excluding carboxylic acids is 1. The van der Waals surface area contributed by atoms with Crippen LogP contribution >= 0.6 is 11.3 Å². The predicted octanol–water partition coefficient (Wildman–Crippen LogP) is 6.90. The van der Waals surface area contributed by atoms with E-state index in [1.807, 2.05) is 46.3 Å². The normalized spacial score (nSPS) is 13.5. The lowest BCUT2D eigenvalue weighted by atomic mass is 10.1. The van der Waals surface area contributed by atoms with E-state index in [1.54, 1.807) is 30.5 Å². The van der Waals surface area contributed by atoms with Crippen LogP contribution in [0.4, 0.5) is 26.1 Å². The fourth-order valence-corrected chi connectivity index (χ4v) is 6.24. The SMILES string of the molecule is O=C(Nc1cccc(-c2nc3sccn3c2-c2ccnc(Nc3cccc(OCCCN4CCOCC4)c3)n2)c1)c1c(F)cccc1F. The highest BCUT2D eigenvalue weighted by Crippen LogP contribution is 2.35. The third kappa shape index (κ3) is 7.03. The summed E-state index contributed by atoms with van der Waals surface area (Å²) in [5, 5.41) is 7.82. The largest absolute Gasteiger partial charge is 0.493 e. The summed E-state index contributed by atoms with van der Waals surface area (Å²) in [5.74, 6) is -1.62. The van der Waals surface area contributed by atoms with Crippen LogP contribution in [-0.2, 0) is 4.74 Å². The monoisotopic (exact) mass is 667 g/mol. The number of fused-ring (bicyclic) bond motifs is 1. The molecule has 3 aromatic heterocycles. The van der Waals surface area contributed by atoms with Gasteiger partial charge in [-0.3, -0.25) is 14.1 Å². The Labute approximate surface area is 279 Å². The molecule has 0 atom stereocenters. The van der Waals surface area contributed by atoms with Crippen LogP contribution in [-0.4, -0.2) is 69.6 Å². The number of halogens is 2. The van der Waals surface area contributed by atoms with Crippen LogP contribution in [0.3, 0.4) is 0 Å². The minimum absolute atomic E-state index is 0.357. The number of hydrogen-bond acceptors (Lipinski definition) is 9. The number of rotatable bonds is 11. The Balaban J connectivity index is 1.09. The minimum Gasteiger partial charge on any atom is -0.493 e.